The van der Waals surface area contributed by atoms with Crippen LogP contribution in [0.3, 0.4) is 0 Å². The molecule has 2 aromatic carbocycles. The first-order valence-electron chi connectivity index (χ1n) is 11.2. The van der Waals surface area contributed by atoms with Gasteiger partial charge in [-0.05, 0) is 68.9 Å². The van der Waals surface area contributed by atoms with E-state index in [1.807, 2.05) is 26.0 Å². The lowest BCUT2D eigenvalue weighted by Gasteiger charge is -2.30. The Labute approximate surface area is 188 Å². The molecule has 0 N–H and O–H groups in total. The fourth-order valence-electron chi connectivity index (χ4n) is 4.66. The second-order valence-electron chi connectivity index (χ2n) is 8.65. The number of nitrogens with zero attached hydrogens (tertiary/aromatic N) is 2. The van der Waals surface area contributed by atoms with E-state index in [4.69, 9.17) is 14.0 Å². The van der Waals surface area contributed by atoms with Crippen LogP contribution in [0.15, 0.2) is 47.0 Å². The molecular weight excluding hydrogens is 404 g/mol. The summed E-state index contributed by atoms with van der Waals surface area (Å²) in [5.41, 5.74) is 5.01. The minimum atomic E-state index is 0.0600. The van der Waals surface area contributed by atoms with E-state index in [0.717, 1.165) is 42.7 Å². The van der Waals surface area contributed by atoms with Crippen LogP contribution in [0.25, 0.3) is 0 Å². The highest BCUT2D eigenvalue weighted by Crippen LogP contribution is 2.43. The summed E-state index contributed by atoms with van der Waals surface area (Å²) in [6.45, 7) is 4.09. The number of carbonyl (C=O) groups is 1. The van der Waals surface area contributed by atoms with Gasteiger partial charge < -0.3 is 18.9 Å². The van der Waals surface area contributed by atoms with Crippen LogP contribution in [0.1, 0.15) is 63.8 Å². The van der Waals surface area contributed by atoms with E-state index in [0.29, 0.717) is 29.7 Å². The van der Waals surface area contributed by atoms with Gasteiger partial charge in [-0.3, -0.25) is 4.79 Å². The minimum absolute atomic E-state index is 0.0600. The fraction of sp³-hybridized carbons (Fsp3) is 0.385. The van der Waals surface area contributed by atoms with E-state index in [2.05, 4.69) is 34.3 Å². The molecule has 0 bridgehead atoms. The Balaban J connectivity index is 1.38. The number of amides is 1. The van der Waals surface area contributed by atoms with Crippen molar-refractivity contribution in [3.05, 3.63) is 76.2 Å². The van der Waals surface area contributed by atoms with Gasteiger partial charge in [0.25, 0.3) is 5.91 Å². The van der Waals surface area contributed by atoms with Crippen LogP contribution in [0, 0.1) is 13.8 Å². The predicted molar refractivity (Wildman–Crippen MR) is 120 cm³/mol. The highest BCUT2D eigenvalue weighted by Gasteiger charge is 2.40. The van der Waals surface area contributed by atoms with Crippen molar-refractivity contribution in [3.8, 4) is 11.5 Å². The maximum atomic E-state index is 13.6. The molecule has 2 aliphatic rings. The zero-order chi connectivity index (χ0) is 22.2. The molecule has 5 rings (SSSR count). The van der Waals surface area contributed by atoms with Crippen LogP contribution in [0.4, 0.5) is 0 Å². The average molecular weight is 433 g/mol. The molecule has 1 atom stereocenters. The van der Waals surface area contributed by atoms with Gasteiger partial charge >= 0.3 is 0 Å². The molecule has 0 radical (unpaired) electrons. The number of aryl methyl sites for hydroxylation is 3. The van der Waals surface area contributed by atoms with Crippen molar-refractivity contribution in [2.24, 2.45) is 0 Å². The number of carbonyl (C=O) groups excluding carboxylic acids is 1. The topological polar surface area (TPSA) is 64.8 Å². The summed E-state index contributed by atoms with van der Waals surface area (Å²) in [7, 11) is 1.60. The quantitative estimate of drug-likeness (QED) is 0.515. The minimum Gasteiger partial charge on any atom is -0.493 e. The van der Waals surface area contributed by atoms with Crippen LogP contribution in [0.2, 0.25) is 0 Å². The molecule has 166 valence electrons. The first-order chi connectivity index (χ1) is 15.6. The molecule has 1 heterocycles. The third-order valence-corrected chi connectivity index (χ3v) is 6.58. The van der Waals surface area contributed by atoms with Crippen LogP contribution < -0.4 is 9.47 Å². The largest absolute Gasteiger partial charge is 0.493 e. The van der Waals surface area contributed by atoms with Gasteiger partial charge in [0, 0.05) is 11.6 Å². The van der Waals surface area contributed by atoms with Crippen molar-refractivity contribution >= 4 is 5.91 Å². The first kappa shape index (κ1) is 20.6. The van der Waals surface area contributed by atoms with Gasteiger partial charge in [0.2, 0.25) is 0 Å². The van der Waals surface area contributed by atoms with E-state index in [1.54, 1.807) is 13.2 Å². The summed E-state index contributed by atoms with van der Waals surface area (Å²) < 4.78 is 16.8. The normalized spacial score (nSPS) is 17.2. The molecule has 1 fully saturated rings. The smallest absolute Gasteiger partial charge is 0.254 e. The number of rotatable bonds is 7. The number of aromatic nitrogens is 1. The molecule has 0 aliphatic heterocycles. The molecule has 1 aromatic heterocycles. The second kappa shape index (κ2) is 8.34. The van der Waals surface area contributed by atoms with E-state index < -0.39 is 0 Å². The van der Waals surface area contributed by atoms with E-state index in [9.17, 15) is 4.79 Å². The maximum absolute atomic E-state index is 13.6. The van der Waals surface area contributed by atoms with Gasteiger partial charge in [-0.15, -0.1) is 0 Å². The number of hydrogen-bond donors (Lipinski definition) is 0. The first-order valence-corrected chi connectivity index (χ1v) is 11.2. The number of methoxy groups -OCH3 is 1. The van der Waals surface area contributed by atoms with Crippen molar-refractivity contribution < 1.29 is 18.8 Å². The average Bonchev–Trinajstić information content (AvgIpc) is 3.48. The molecular formula is C26H28N2O4. The SMILES string of the molecule is COc1cc(C(=O)N(C2CC2)C2CCc3ccccc32)ccc1OCc1c(C)noc1C. The van der Waals surface area contributed by atoms with E-state index in [1.165, 1.54) is 11.1 Å². The Kier molecular flexibility index (Phi) is 5.37. The Morgan fingerprint density at radius 2 is 1.94 bits per heavy atom. The van der Waals surface area contributed by atoms with Crippen molar-refractivity contribution in [2.75, 3.05) is 7.11 Å². The highest BCUT2D eigenvalue weighted by molar-refractivity contribution is 5.95. The summed E-state index contributed by atoms with van der Waals surface area (Å²) in [6, 6.07) is 14.4. The lowest BCUT2D eigenvalue weighted by atomic mass is 10.0. The van der Waals surface area contributed by atoms with Crippen LogP contribution in [-0.2, 0) is 13.0 Å². The number of hydrogen-bond acceptors (Lipinski definition) is 5. The third-order valence-electron chi connectivity index (χ3n) is 6.58. The third kappa shape index (κ3) is 3.74. The summed E-state index contributed by atoms with van der Waals surface area (Å²) in [5.74, 6) is 1.94. The number of fused-ring (bicyclic) bond motifs is 1. The van der Waals surface area contributed by atoms with E-state index in [-0.39, 0.29) is 11.9 Å². The highest BCUT2D eigenvalue weighted by atomic mass is 16.5. The van der Waals surface area contributed by atoms with Crippen molar-refractivity contribution in [1.29, 1.82) is 0 Å². The lowest BCUT2D eigenvalue weighted by molar-refractivity contribution is 0.0657. The molecule has 0 saturated heterocycles. The van der Waals surface area contributed by atoms with Gasteiger partial charge in [-0.1, -0.05) is 29.4 Å². The van der Waals surface area contributed by atoms with Gasteiger partial charge in [0.15, 0.2) is 11.5 Å². The van der Waals surface area contributed by atoms with E-state index >= 15 is 0 Å². The standard InChI is InChI=1S/C26H28N2O4/c1-16-22(17(2)32-27-16)15-31-24-13-9-19(14-25(24)30-3)26(29)28(20-10-11-20)23-12-8-18-6-4-5-7-21(18)23/h4-7,9,13-14,20,23H,8,10-12,15H2,1-3H3. The maximum Gasteiger partial charge on any atom is 0.254 e. The second-order valence-corrected chi connectivity index (χ2v) is 8.65. The van der Waals surface area contributed by atoms with Gasteiger partial charge in [0.1, 0.15) is 12.4 Å². The Bertz CT molecular complexity index is 1130. The molecule has 2 aliphatic carbocycles. The van der Waals surface area contributed by atoms with Crippen molar-refractivity contribution in [1.82, 2.24) is 10.1 Å². The van der Waals surface area contributed by atoms with Crippen LogP contribution in [-0.4, -0.2) is 29.1 Å². The molecule has 1 saturated carbocycles. The number of benzene rings is 2. The summed E-state index contributed by atoms with van der Waals surface area (Å²) >= 11 is 0. The molecule has 1 unspecified atom stereocenters. The lowest BCUT2D eigenvalue weighted by Crippen LogP contribution is -2.36. The number of ether oxygens (including phenoxy) is 2. The Hall–Kier alpha value is -3.28. The zero-order valence-corrected chi connectivity index (χ0v) is 18.8. The molecule has 6 nitrogen and oxygen atoms in total. The summed E-state index contributed by atoms with van der Waals surface area (Å²) in [4.78, 5) is 15.7. The molecule has 3 aromatic rings. The van der Waals surface area contributed by atoms with Gasteiger partial charge in [-0.25, -0.2) is 0 Å². The molecule has 32 heavy (non-hydrogen) atoms. The Morgan fingerprint density at radius 1 is 1.12 bits per heavy atom. The summed E-state index contributed by atoms with van der Waals surface area (Å²) in [5, 5.41) is 3.97. The van der Waals surface area contributed by atoms with Gasteiger partial charge in [-0.2, -0.15) is 0 Å². The molecule has 0 spiro atoms. The molecule has 6 heteroatoms. The van der Waals surface area contributed by atoms with Crippen molar-refractivity contribution in [3.63, 3.8) is 0 Å². The monoisotopic (exact) mass is 432 g/mol. The predicted octanol–water partition coefficient (Wildman–Crippen LogP) is 5.17. The summed E-state index contributed by atoms with van der Waals surface area (Å²) in [6.07, 6.45) is 4.15. The molecule has 1 amide bonds. The fourth-order valence-corrected chi connectivity index (χ4v) is 4.66. The zero-order valence-electron chi connectivity index (χ0n) is 18.8. The van der Waals surface area contributed by atoms with Gasteiger partial charge in [0.05, 0.1) is 24.4 Å². The van der Waals surface area contributed by atoms with Crippen LogP contribution in [0.5, 0.6) is 11.5 Å². The van der Waals surface area contributed by atoms with Crippen molar-refractivity contribution in [2.45, 2.75) is 58.2 Å². The Morgan fingerprint density at radius 3 is 2.66 bits per heavy atom. The van der Waals surface area contributed by atoms with Crippen LogP contribution >= 0.6 is 0 Å².